The van der Waals surface area contributed by atoms with Crippen LogP contribution in [0.2, 0.25) is 0 Å². The van der Waals surface area contributed by atoms with Crippen molar-refractivity contribution in [3.05, 3.63) is 46.3 Å². The number of rotatable bonds is 4. The fraction of sp³-hybridized carbons (Fsp3) is 0.286. The molecule has 0 radical (unpaired) electrons. The van der Waals surface area contributed by atoms with Crippen LogP contribution in [0.25, 0.3) is 0 Å². The molecular weight excluding hydrogens is 294 g/mol. The minimum absolute atomic E-state index is 0.0187. The third kappa shape index (κ3) is 2.97. The van der Waals surface area contributed by atoms with Gasteiger partial charge in [0.1, 0.15) is 5.76 Å². The van der Waals surface area contributed by atoms with E-state index in [9.17, 15) is 13.2 Å². The van der Waals surface area contributed by atoms with Gasteiger partial charge in [-0.15, -0.1) is 0 Å². The molecule has 2 rings (SSSR count). The van der Waals surface area contributed by atoms with Crippen LogP contribution in [-0.4, -0.2) is 24.7 Å². The maximum absolute atomic E-state index is 12.4. The predicted molar refractivity (Wildman–Crippen MR) is 75.0 cm³/mol. The lowest BCUT2D eigenvalue weighted by Crippen LogP contribution is -2.09. The normalized spacial score (nSPS) is 11.6. The Kier molecular flexibility index (Phi) is 3.87. The second-order valence-electron chi connectivity index (χ2n) is 4.84. The molecule has 2 aromatic rings. The zero-order valence-electron chi connectivity index (χ0n) is 11.9. The molecule has 0 aliphatic carbocycles. The zero-order chi connectivity index (χ0) is 15.8. The van der Waals surface area contributed by atoms with Gasteiger partial charge >= 0.3 is 5.97 Å². The Morgan fingerprint density at radius 1 is 1.29 bits per heavy atom. The number of hydrogen-bond donors (Lipinski definition) is 1. The average molecular weight is 309 g/mol. The van der Waals surface area contributed by atoms with Crippen LogP contribution in [-0.2, 0) is 15.6 Å². The van der Waals surface area contributed by atoms with E-state index in [2.05, 4.69) is 5.16 Å². The van der Waals surface area contributed by atoms with Crippen molar-refractivity contribution in [3.63, 3.8) is 0 Å². The van der Waals surface area contributed by atoms with Crippen molar-refractivity contribution in [3.8, 4) is 0 Å². The topological polar surface area (TPSA) is 97.5 Å². The maximum Gasteiger partial charge on any atom is 0.335 e. The molecule has 0 fully saturated rings. The molecule has 21 heavy (non-hydrogen) atoms. The minimum Gasteiger partial charge on any atom is -0.478 e. The molecule has 0 amide bonds. The lowest BCUT2D eigenvalue weighted by atomic mass is 10.1. The lowest BCUT2D eigenvalue weighted by molar-refractivity contribution is 0.0696. The van der Waals surface area contributed by atoms with E-state index < -0.39 is 15.8 Å². The summed E-state index contributed by atoms with van der Waals surface area (Å²) in [6.45, 7) is 4.93. The standard InChI is InChI=1S/C14H15NO5S/c1-8-4-5-11(6-12(8)14(16)17)21(18,19)7-13-9(2)15-20-10(13)3/h4-6H,7H2,1-3H3,(H,16,17). The molecule has 6 nitrogen and oxygen atoms in total. The van der Waals surface area contributed by atoms with E-state index in [1.807, 2.05) is 0 Å². The van der Waals surface area contributed by atoms with Crippen molar-refractivity contribution in [2.24, 2.45) is 0 Å². The van der Waals surface area contributed by atoms with Gasteiger partial charge in [0.15, 0.2) is 9.84 Å². The molecule has 0 spiro atoms. The molecule has 7 heteroatoms. The Morgan fingerprint density at radius 3 is 2.48 bits per heavy atom. The summed E-state index contributed by atoms with van der Waals surface area (Å²) in [6, 6.07) is 4.09. The highest BCUT2D eigenvalue weighted by Crippen LogP contribution is 2.23. The number of aromatic nitrogens is 1. The monoisotopic (exact) mass is 309 g/mol. The van der Waals surface area contributed by atoms with Gasteiger partial charge in [0.25, 0.3) is 0 Å². The second-order valence-corrected chi connectivity index (χ2v) is 6.83. The van der Waals surface area contributed by atoms with Gasteiger partial charge in [0, 0.05) is 5.56 Å². The van der Waals surface area contributed by atoms with Gasteiger partial charge in [0.2, 0.25) is 0 Å². The molecule has 0 aliphatic heterocycles. The van der Waals surface area contributed by atoms with Gasteiger partial charge in [0.05, 0.1) is 21.9 Å². The number of carboxylic acid groups (broad SMARTS) is 1. The van der Waals surface area contributed by atoms with Crippen LogP contribution in [0, 0.1) is 20.8 Å². The zero-order valence-corrected chi connectivity index (χ0v) is 12.7. The number of hydrogen-bond acceptors (Lipinski definition) is 5. The molecule has 112 valence electrons. The third-order valence-electron chi connectivity index (χ3n) is 3.31. The molecular formula is C14H15NO5S. The van der Waals surface area contributed by atoms with Gasteiger partial charge in [-0.25, -0.2) is 13.2 Å². The summed E-state index contributed by atoms with van der Waals surface area (Å²) in [5.74, 6) is -0.973. The molecule has 1 heterocycles. The Hall–Kier alpha value is -2.15. The van der Waals surface area contributed by atoms with Crippen LogP contribution in [0.5, 0.6) is 0 Å². The van der Waals surface area contributed by atoms with Crippen molar-refractivity contribution in [2.45, 2.75) is 31.4 Å². The van der Waals surface area contributed by atoms with Crippen molar-refractivity contribution in [2.75, 3.05) is 0 Å². The molecule has 0 atom stereocenters. The number of carboxylic acids is 1. The number of nitrogens with zero attached hydrogens (tertiary/aromatic N) is 1. The van der Waals surface area contributed by atoms with Crippen molar-refractivity contribution < 1.29 is 22.8 Å². The summed E-state index contributed by atoms with van der Waals surface area (Å²) in [4.78, 5) is 11.1. The van der Waals surface area contributed by atoms with Crippen LogP contribution in [0.1, 0.15) is 32.9 Å². The first kappa shape index (κ1) is 15.2. The van der Waals surface area contributed by atoms with E-state index >= 15 is 0 Å². The van der Waals surface area contributed by atoms with Crippen molar-refractivity contribution >= 4 is 15.8 Å². The van der Waals surface area contributed by atoms with Crippen LogP contribution in [0.15, 0.2) is 27.6 Å². The van der Waals surface area contributed by atoms with Gasteiger partial charge in [-0.3, -0.25) is 0 Å². The molecule has 0 bridgehead atoms. The SMILES string of the molecule is Cc1ccc(S(=O)(=O)Cc2c(C)noc2C)cc1C(=O)O. The molecule has 1 aromatic carbocycles. The summed E-state index contributed by atoms with van der Waals surface area (Å²) in [7, 11) is -3.66. The fourth-order valence-corrected chi connectivity index (χ4v) is 3.54. The quantitative estimate of drug-likeness (QED) is 0.930. The number of aryl methyl sites for hydroxylation is 3. The Morgan fingerprint density at radius 2 is 1.95 bits per heavy atom. The first-order chi connectivity index (χ1) is 9.72. The van der Waals surface area contributed by atoms with Crippen LogP contribution < -0.4 is 0 Å². The molecule has 0 saturated carbocycles. The lowest BCUT2D eigenvalue weighted by Gasteiger charge is -2.07. The summed E-state index contributed by atoms with van der Waals surface area (Å²) < 4.78 is 29.8. The van der Waals surface area contributed by atoms with Crippen LogP contribution in [0.4, 0.5) is 0 Å². The minimum atomic E-state index is -3.66. The Labute approximate surface area is 122 Å². The summed E-state index contributed by atoms with van der Waals surface area (Å²) >= 11 is 0. The van der Waals surface area contributed by atoms with Gasteiger partial charge in [-0.05, 0) is 38.5 Å². The van der Waals surface area contributed by atoms with Gasteiger partial charge in [-0.2, -0.15) is 0 Å². The van der Waals surface area contributed by atoms with Crippen molar-refractivity contribution in [1.82, 2.24) is 5.16 Å². The van der Waals surface area contributed by atoms with Crippen molar-refractivity contribution in [1.29, 1.82) is 0 Å². The van der Waals surface area contributed by atoms with Crippen LogP contribution in [0.3, 0.4) is 0 Å². The highest BCUT2D eigenvalue weighted by atomic mass is 32.2. The first-order valence-electron chi connectivity index (χ1n) is 6.21. The molecule has 0 saturated heterocycles. The number of benzene rings is 1. The van der Waals surface area contributed by atoms with Gasteiger partial charge in [-0.1, -0.05) is 11.2 Å². The van der Waals surface area contributed by atoms with Gasteiger partial charge < -0.3 is 9.63 Å². The van der Waals surface area contributed by atoms with Crippen LogP contribution >= 0.6 is 0 Å². The van der Waals surface area contributed by atoms with E-state index in [1.165, 1.54) is 18.2 Å². The number of aromatic carboxylic acids is 1. The molecule has 1 N–H and O–H groups in total. The average Bonchev–Trinajstić information content (AvgIpc) is 2.70. The Balaban J connectivity index is 2.45. The largest absolute Gasteiger partial charge is 0.478 e. The molecule has 0 unspecified atom stereocenters. The molecule has 1 aromatic heterocycles. The predicted octanol–water partition coefficient (Wildman–Crippen LogP) is 2.27. The number of carbonyl (C=O) groups is 1. The second kappa shape index (κ2) is 5.33. The van der Waals surface area contributed by atoms with E-state index in [0.29, 0.717) is 22.6 Å². The molecule has 0 aliphatic rings. The van der Waals surface area contributed by atoms with E-state index in [0.717, 1.165) is 0 Å². The fourth-order valence-electron chi connectivity index (χ4n) is 2.01. The van der Waals surface area contributed by atoms with E-state index in [-0.39, 0.29) is 16.2 Å². The van der Waals surface area contributed by atoms with E-state index in [1.54, 1.807) is 20.8 Å². The summed E-state index contributed by atoms with van der Waals surface area (Å²) in [5, 5.41) is 12.8. The number of sulfone groups is 1. The summed E-state index contributed by atoms with van der Waals surface area (Å²) in [5.41, 5.74) is 1.52. The smallest absolute Gasteiger partial charge is 0.335 e. The van der Waals surface area contributed by atoms with E-state index in [4.69, 9.17) is 9.63 Å². The summed E-state index contributed by atoms with van der Waals surface area (Å²) in [6.07, 6.45) is 0. The highest BCUT2D eigenvalue weighted by Gasteiger charge is 2.22. The Bertz CT molecular complexity index is 785. The first-order valence-corrected chi connectivity index (χ1v) is 7.86. The third-order valence-corrected chi connectivity index (χ3v) is 4.96. The highest BCUT2D eigenvalue weighted by molar-refractivity contribution is 7.90. The maximum atomic E-state index is 12.4.